The number of anilines is 1. The summed E-state index contributed by atoms with van der Waals surface area (Å²) in [7, 11) is 1.39. The molecule has 0 bridgehead atoms. The zero-order chi connectivity index (χ0) is 21.7. The minimum atomic E-state index is -0.664. The van der Waals surface area contributed by atoms with Crippen molar-refractivity contribution in [2.75, 3.05) is 19.0 Å². The lowest BCUT2D eigenvalue weighted by molar-refractivity contribution is -0.112. The summed E-state index contributed by atoms with van der Waals surface area (Å²) >= 11 is 4.44. The number of phenolic OH excluding ortho intramolecular Hbond substituents is 1. The first-order valence-electron chi connectivity index (χ1n) is 8.50. The number of phenols is 1. The molecule has 7 nitrogen and oxygen atoms in total. The minimum Gasteiger partial charge on any atom is -0.503 e. The van der Waals surface area contributed by atoms with Crippen LogP contribution in [-0.2, 0) is 9.53 Å². The maximum absolute atomic E-state index is 12.7. The van der Waals surface area contributed by atoms with Gasteiger partial charge in [0.15, 0.2) is 11.5 Å². The quantitative estimate of drug-likeness (QED) is 0.357. The Morgan fingerprint density at radius 2 is 2.07 bits per heavy atom. The van der Waals surface area contributed by atoms with Gasteiger partial charge < -0.3 is 19.9 Å². The number of thiophene rings is 1. The number of aryl methyl sites for hydroxylation is 1. The first-order valence-corrected chi connectivity index (χ1v) is 10.1. The minimum absolute atomic E-state index is 0.0868. The monoisotopic (exact) mass is 478 g/mol. The van der Waals surface area contributed by atoms with Gasteiger partial charge in [-0.25, -0.2) is 4.79 Å². The van der Waals surface area contributed by atoms with Crippen molar-refractivity contribution >= 4 is 50.2 Å². The highest BCUT2D eigenvalue weighted by atomic mass is 79.9. The highest BCUT2D eigenvalue weighted by molar-refractivity contribution is 9.10. The molecule has 0 saturated heterocycles. The van der Waals surface area contributed by atoms with Crippen molar-refractivity contribution < 1.29 is 24.2 Å². The second-order valence-electron chi connectivity index (χ2n) is 5.89. The van der Waals surface area contributed by atoms with Crippen molar-refractivity contribution in [2.24, 2.45) is 0 Å². The zero-order valence-electron chi connectivity index (χ0n) is 16.3. The number of hydrogen-bond acceptors (Lipinski definition) is 7. The maximum atomic E-state index is 12.7. The van der Waals surface area contributed by atoms with Gasteiger partial charge in [0.2, 0.25) is 0 Å². The lowest BCUT2D eigenvalue weighted by Crippen LogP contribution is -2.16. The second kappa shape index (κ2) is 9.58. The largest absolute Gasteiger partial charge is 0.503 e. The molecule has 0 unspecified atom stereocenters. The summed E-state index contributed by atoms with van der Waals surface area (Å²) in [6.45, 7) is 5.52. The molecule has 152 valence electrons. The lowest BCUT2D eigenvalue weighted by Gasteiger charge is -2.08. The van der Waals surface area contributed by atoms with E-state index in [4.69, 9.17) is 9.47 Å². The normalized spacial score (nSPS) is 11.0. The van der Waals surface area contributed by atoms with Crippen LogP contribution >= 0.6 is 27.3 Å². The summed E-state index contributed by atoms with van der Waals surface area (Å²) in [5, 5.41) is 22.3. The van der Waals surface area contributed by atoms with Crippen LogP contribution in [-0.4, -0.2) is 30.7 Å². The number of esters is 1. The summed E-state index contributed by atoms with van der Waals surface area (Å²) in [5.41, 5.74) is 1.30. The van der Waals surface area contributed by atoms with Gasteiger partial charge >= 0.3 is 5.97 Å². The SMILES string of the molecule is CCOC(=O)c1c(NC(=O)/C(C#N)=C\c2cc(Br)c(O)c(OC)c2)sc(C)c1C. The third kappa shape index (κ3) is 4.96. The van der Waals surface area contributed by atoms with Crippen molar-refractivity contribution in [2.45, 2.75) is 20.8 Å². The van der Waals surface area contributed by atoms with Crippen LogP contribution < -0.4 is 10.1 Å². The molecule has 1 aromatic heterocycles. The molecule has 1 aromatic carbocycles. The van der Waals surface area contributed by atoms with E-state index in [0.717, 1.165) is 10.4 Å². The van der Waals surface area contributed by atoms with Crippen LogP contribution in [0.15, 0.2) is 22.2 Å². The molecular weight excluding hydrogens is 460 g/mol. The standard InChI is InChI=1S/C20H19BrN2O5S/c1-5-28-20(26)16-10(2)11(3)29-19(16)23-18(25)13(9-22)6-12-7-14(21)17(24)15(8-12)27-4/h6-8,24H,5H2,1-4H3,(H,23,25)/b13-6-. The van der Waals surface area contributed by atoms with Crippen LogP contribution in [0.2, 0.25) is 0 Å². The van der Waals surface area contributed by atoms with Crippen LogP contribution in [0.4, 0.5) is 5.00 Å². The first kappa shape index (κ1) is 22.5. The summed E-state index contributed by atoms with van der Waals surface area (Å²) in [4.78, 5) is 25.8. The molecule has 9 heteroatoms. The Morgan fingerprint density at radius 1 is 1.38 bits per heavy atom. The van der Waals surface area contributed by atoms with Crippen molar-refractivity contribution in [1.82, 2.24) is 0 Å². The number of ether oxygens (including phenoxy) is 2. The molecule has 1 heterocycles. The van der Waals surface area contributed by atoms with E-state index in [0.29, 0.717) is 15.0 Å². The number of nitrogens with one attached hydrogen (secondary N) is 1. The number of aromatic hydroxyl groups is 1. The molecular formula is C20H19BrN2O5S. The van der Waals surface area contributed by atoms with E-state index in [1.54, 1.807) is 19.9 Å². The summed E-state index contributed by atoms with van der Waals surface area (Å²) in [6, 6.07) is 4.90. The van der Waals surface area contributed by atoms with Gasteiger partial charge in [0, 0.05) is 4.88 Å². The topological polar surface area (TPSA) is 109 Å². The summed E-state index contributed by atoms with van der Waals surface area (Å²) in [6.07, 6.45) is 1.36. The van der Waals surface area contributed by atoms with Gasteiger partial charge in [-0.2, -0.15) is 5.26 Å². The van der Waals surface area contributed by atoms with E-state index in [1.165, 1.54) is 30.6 Å². The van der Waals surface area contributed by atoms with Crippen LogP contribution in [0.5, 0.6) is 11.5 Å². The number of rotatable bonds is 6. The predicted molar refractivity (Wildman–Crippen MR) is 114 cm³/mol. The molecule has 0 radical (unpaired) electrons. The Hall–Kier alpha value is -2.83. The average Bonchev–Trinajstić information content (AvgIpc) is 2.95. The van der Waals surface area contributed by atoms with Crippen molar-refractivity contribution in [3.05, 3.63) is 43.7 Å². The molecule has 0 aliphatic rings. The molecule has 2 N–H and O–H groups in total. The fourth-order valence-electron chi connectivity index (χ4n) is 2.48. The van der Waals surface area contributed by atoms with Gasteiger partial charge in [-0.1, -0.05) is 0 Å². The molecule has 0 spiro atoms. The smallest absolute Gasteiger partial charge is 0.341 e. The Bertz CT molecular complexity index is 1040. The molecule has 2 aromatic rings. The van der Waals surface area contributed by atoms with Crippen molar-refractivity contribution in [3.63, 3.8) is 0 Å². The van der Waals surface area contributed by atoms with Gasteiger partial charge in [0.1, 0.15) is 16.6 Å². The number of amides is 1. The van der Waals surface area contributed by atoms with Gasteiger partial charge in [0.05, 0.1) is 23.8 Å². The van der Waals surface area contributed by atoms with E-state index in [1.807, 2.05) is 13.0 Å². The van der Waals surface area contributed by atoms with Crippen LogP contribution in [0.25, 0.3) is 6.08 Å². The van der Waals surface area contributed by atoms with E-state index < -0.39 is 11.9 Å². The Labute approximate surface area is 180 Å². The van der Waals surface area contributed by atoms with Crippen LogP contribution in [0.3, 0.4) is 0 Å². The Balaban J connectivity index is 2.38. The number of nitriles is 1. The van der Waals surface area contributed by atoms with Gasteiger partial charge in [0.25, 0.3) is 5.91 Å². The number of carbonyl (C=O) groups is 2. The number of carbonyl (C=O) groups excluding carboxylic acids is 2. The highest BCUT2D eigenvalue weighted by Crippen LogP contribution is 2.36. The number of nitrogens with zero attached hydrogens (tertiary/aromatic N) is 1. The number of halogens is 1. The summed E-state index contributed by atoms with van der Waals surface area (Å²) < 4.78 is 10.5. The molecule has 0 aliphatic heterocycles. The molecule has 2 rings (SSSR count). The van der Waals surface area contributed by atoms with E-state index in [2.05, 4.69) is 21.2 Å². The van der Waals surface area contributed by atoms with E-state index in [9.17, 15) is 20.0 Å². The third-order valence-electron chi connectivity index (χ3n) is 4.04. The molecule has 0 atom stereocenters. The fourth-order valence-corrected chi connectivity index (χ4v) is 3.99. The highest BCUT2D eigenvalue weighted by Gasteiger charge is 2.23. The number of hydrogen-bond donors (Lipinski definition) is 2. The lowest BCUT2D eigenvalue weighted by atomic mass is 10.1. The predicted octanol–water partition coefficient (Wildman–Crippen LogP) is 4.56. The van der Waals surface area contributed by atoms with E-state index >= 15 is 0 Å². The Morgan fingerprint density at radius 3 is 2.66 bits per heavy atom. The first-order chi connectivity index (χ1) is 13.7. The average molecular weight is 479 g/mol. The van der Waals surface area contributed by atoms with Crippen molar-refractivity contribution in [3.8, 4) is 17.6 Å². The van der Waals surface area contributed by atoms with Gasteiger partial charge in [-0.05, 0) is 66.0 Å². The third-order valence-corrected chi connectivity index (χ3v) is 5.77. The molecule has 0 fully saturated rings. The number of methoxy groups -OCH3 is 1. The van der Waals surface area contributed by atoms with E-state index in [-0.39, 0.29) is 29.2 Å². The van der Waals surface area contributed by atoms with Crippen molar-refractivity contribution in [1.29, 1.82) is 5.26 Å². The van der Waals surface area contributed by atoms with Gasteiger partial charge in [-0.3, -0.25) is 4.79 Å². The van der Waals surface area contributed by atoms with Crippen LogP contribution in [0.1, 0.15) is 33.3 Å². The molecule has 1 amide bonds. The molecule has 29 heavy (non-hydrogen) atoms. The fraction of sp³-hybridized carbons (Fsp3) is 0.250. The summed E-state index contributed by atoms with van der Waals surface area (Å²) in [5.74, 6) is -1.09. The zero-order valence-corrected chi connectivity index (χ0v) is 18.7. The number of benzene rings is 1. The molecule has 0 aliphatic carbocycles. The Kier molecular flexibility index (Phi) is 7.42. The maximum Gasteiger partial charge on any atom is 0.341 e. The van der Waals surface area contributed by atoms with Gasteiger partial charge in [-0.15, -0.1) is 11.3 Å². The molecule has 0 saturated carbocycles. The van der Waals surface area contributed by atoms with Crippen LogP contribution in [0, 0.1) is 25.2 Å². The second-order valence-corrected chi connectivity index (χ2v) is 7.96.